The maximum absolute atomic E-state index is 12.3. The van der Waals surface area contributed by atoms with E-state index >= 15 is 0 Å². The molecule has 0 spiro atoms. The summed E-state index contributed by atoms with van der Waals surface area (Å²) in [6, 6.07) is 10.9. The standard InChI is InChI=1S/C19H20N2O4/c1-12(2)17(19(24)25)21-18(23)14-8-9-20-15(10-14)11-16(22)13-6-4-3-5-7-13/h3-10,12,17H,11H2,1-2H3,(H,21,23)(H,24,25)/t17-/m1/s1. The number of pyridine rings is 1. The van der Waals surface area contributed by atoms with E-state index in [0.29, 0.717) is 11.3 Å². The highest BCUT2D eigenvalue weighted by Crippen LogP contribution is 2.09. The molecular formula is C19H20N2O4. The predicted molar refractivity (Wildman–Crippen MR) is 92.4 cm³/mol. The van der Waals surface area contributed by atoms with E-state index in [0.717, 1.165) is 0 Å². The molecule has 6 heteroatoms. The number of carbonyl (C=O) groups excluding carboxylic acids is 2. The highest BCUT2D eigenvalue weighted by molar-refractivity contribution is 5.99. The fraction of sp³-hybridized carbons (Fsp3) is 0.263. The molecule has 6 nitrogen and oxygen atoms in total. The van der Waals surface area contributed by atoms with Crippen molar-refractivity contribution in [1.82, 2.24) is 10.3 Å². The minimum atomic E-state index is -1.09. The van der Waals surface area contributed by atoms with Crippen molar-refractivity contribution in [3.05, 3.63) is 65.5 Å². The van der Waals surface area contributed by atoms with Crippen molar-refractivity contribution in [3.63, 3.8) is 0 Å². The molecule has 0 aliphatic heterocycles. The Kier molecular flexibility index (Phi) is 6.00. The van der Waals surface area contributed by atoms with Crippen LogP contribution in [0.5, 0.6) is 0 Å². The van der Waals surface area contributed by atoms with Gasteiger partial charge in [0.1, 0.15) is 6.04 Å². The molecule has 0 aliphatic carbocycles. The Balaban J connectivity index is 2.11. The molecule has 2 rings (SSSR count). The van der Waals surface area contributed by atoms with Gasteiger partial charge in [-0.1, -0.05) is 44.2 Å². The lowest BCUT2D eigenvalue weighted by molar-refractivity contribution is -0.140. The molecule has 1 heterocycles. The topological polar surface area (TPSA) is 96.4 Å². The maximum Gasteiger partial charge on any atom is 0.326 e. The minimum Gasteiger partial charge on any atom is -0.480 e. The van der Waals surface area contributed by atoms with Gasteiger partial charge in [0.05, 0.1) is 6.42 Å². The van der Waals surface area contributed by atoms with Crippen molar-refractivity contribution in [2.45, 2.75) is 26.3 Å². The number of hydrogen-bond acceptors (Lipinski definition) is 4. The molecule has 0 unspecified atom stereocenters. The molecule has 0 aliphatic rings. The van der Waals surface area contributed by atoms with Crippen LogP contribution >= 0.6 is 0 Å². The van der Waals surface area contributed by atoms with Crippen LogP contribution in [-0.4, -0.2) is 33.8 Å². The Hall–Kier alpha value is -3.02. The largest absolute Gasteiger partial charge is 0.480 e. The number of aliphatic carboxylic acids is 1. The van der Waals surface area contributed by atoms with E-state index in [1.54, 1.807) is 38.1 Å². The fourth-order valence-electron chi connectivity index (χ4n) is 2.34. The first kappa shape index (κ1) is 18.3. The van der Waals surface area contributed by atoms with E-state index in [9.17, 15) is 14.4 Å². The Bertz CT molecular complexity index is 772. The number of amides is 1. The van der Waals surface area contributed by atoms with Gasteiger partial charge in [0.15, 0.2) is 5.78 Å². The maximum atomic E-state index is 12.3. The average Bonchev–Trinajstić information content (AvgIpc) is 2.59. The molecule has 0 fully saturated rings. The van der Waals surface area contributed by atoms with Crippen LogP contribution < -0.4 is 5.32 Å². The van der Waals surface area contributed by atoms with Gasteiger partial charge in [0.25, 0.3) is 5.91 Å². The third kappa shape index (κ3) is 4.97. The van der Waals surface area contributed by atoms with Crippen molar-refractivity contribution in [3.8, 4) is 0 Å². The average molecular weight is 340 g/mol. The Morgan fingerprint density at radius 2 is 1.76 bits per heavy atom. The molecule has 1 amide bonds. The lowest BCUT2D eigenvalue weighted by atomic mass is 10.0. The Morgan fingerprint density at radius 3 is 2.36 bits per heavy atom. The monoisotopic (exact) mass is 340 g/mol. The number of ketones is 1. The molecule has 1 aromatic carbocycles. The first-order valence-electron chi connectivity index (χ1n) is 7.95. The first-order valence-corrected chi connectivity index (χ1v) is 7.95. The van der Waals surface area contributed by atoms with Gasteiger partial charge in [0, 0.05) is 23.0 Å². The molecule has 0 saturated heterocycles. The number of carboxylic acid groups (broad SMARTS) is 1. The molecule has 1 atom stereocenters. The van der Waals surface area contributed by atoms with Crippen LogP contribution in [0.1, 0.15) is 40.3 Å². The highest BCUT2D eigenvalue weighted by atomic mass is 16.4. The molecule has 0 saturated carbocycles. The van der Waals surface area contributed by atoms with E-state index < -0.39 is 17.9 Å². The lowest BCUT2D eigenvalue weighted by Crippen LogP contribution is -2.44. The van der Waals surface area contributed by atoms with Crippen LogP contribution in [0.2, 0.25) is 0 Å². The van der Waals surface area contributed by atoms with Gasteiger partial charge in [-0.05, 0) is 18.1 Å². The number of rotatable bonds is 7. The molecule has 0 bridgehead atoms. The number of nitrogens with zero attached hydrogens (tertiary/aromatic N) is 1. The summed E-state index contributed by atoms with van der Waals surface area (Å²) in [4.78, 5) is 39.8. The number of carboxylic acids is 1. The van der Waals surface area contributed by atoms with E-state index in [2.05, 4.69) is 10.3 Å². The summed E-state index contributed by atoms with van der Waals surface area (Å²) in [6.45, 7) is 3.44. The second-order valence-electron chi connectivity index (χ2n) is 6.04. The van der Waals surface area contributed by atoms with Crippen LogP contribution in [0, 0.1) is 5.92 Å². The normalized spacial score (nSPS) is 11.8. The number of hydrogen-bond donors (Lipinski definition) is 2. The van der Waals surface area contributed by atoms with Crippen LogP contribution in [0.3, 0.4) is 0 Å². The number of benzene rings is 1. The SMILES string of the molecule is CC(C)[C@@H](NC(=O)c1ccnc(CC(=O)c2ccccc2)c1)C(=O)O. The summed E-state index contributed by atoms with van der Waals surface area (Å²) in [5.74, 6) is -1.94. The molecular weight excluding hydrogens is 320 g/mol. The van der Waals surface area contributed by atoms with Crippen molar-refractivity contribution < 1.29 is 19.5 Å². The summed E-state index contributed by atoms with van der Waals surface area (Å²) in [6.07, 6.45) is 1.51. The molecule has 2 N–H and O–H groups in total. The lowest BCUT2D eigenvalue weighted by Gasteiger charge is -2.18. The fourth-order valence-corrected chi connectivity index (χ4v) is 2.34. The van der Waals surface area contributed by atoms with Crippen molar-refractivity contribution >= 4 is 17.7 Å². The van der Waals surface area contributed by atoms with Gasteiger partial charge < -0.3 is 10.4 Å². The number of nitrogens with one attached hydrogen (secondary N) is 1. The van der Waals surface area contributed by atoms with Crippen LogP contribution in [0.15, 0.2) is 48.7 Å². The van der Waals surface area contributed by atoms with Crippen molar-refractivity contribution in [2.75, 3.05) is 0 Å². The van der Waals surface area contributed by atoms with E-state index in [4.69, 9.17) is 5.11 Å². The van der Waals surface area contributed by atoms with Crippen molar-refractivity contribution in [1.29, 1.82) is 0 Å². The zero-order valence-corrected chi connectivity index (χ0v) is 14.1. The van der Waals surface area contributed by atoms with Gasteiger partial charge in [-0.15, -0.1) is 0 Å². The molecule has 2 aromatic rings. The van der Waals surface area contributed by atoms with Crippen molar-refractivity contribution in [2.24, 2.45) is 5.92 Å². The van der Waals surface area contributed by atoms with Gasteiger partial charge in [0.2, 0.25) is 0 Å². The molecule has 130 valence electrons. The number of Topliss-reactive ketones (excluding diaryl/α,β-unsaturated/α-hetero) is 1. The van der Waals surface area contributed by atoms with E-state index in [1.807, 2.05) is 6.07 Å². The zero-order chi connectivity index (χ0) is 18.4. The van der Waals surface area contributed by atoms with E-state index in [-0.39, 0.29) is 23.7 Å². The van der Waals surface area contributed by atoms with Crippen LogP contribution in [-0.2, 0) is 11.2 Å². The second-order valence-corrected chi connectivity index (χ2v) is 6.04. The Morgan fingerprint density at radius 1 is 1.08 bits per heavy atom. The molecule has 1 aromatic heterocycles. The summed E-state index contributed by atoms with van der Waals surface area (Å²) in [5, 5.41) is 11.7. The summed E-state index contributed by atoms with van der Waals surface area (Å²) < 4.78 is 0. The predicted octanol–water partition coefficient (Wildman–Crippen LogP) is 2.35. The Labute approximate surface area is 145 Å². The third-order valence-electron chi connectivity index (χ3n) is 3.74. The second kappa shape index (κ2) is 8.19. The third-order valence-corrected chi connectivity index (χ3v) is 3.74. The number of carbonyl (C=O) groups is 3. The van der Waals surface area contributed by atoms with Crippen LogP contribution in [0.4, 0.5) is 0 Å². The van der Waals surface area contributed by atoms with E-state index in [1.165, 1.54) is 18.3 Å². The quantitative estimate of drug-likeness (QED) is 0.754. The minimum absolute atomic E-state index is 0.0671. The molecule has 0 radical (unpaired) electrons. The summed E-state index contributed by atoms with van der Waals surface area (Å²) >= 11 is 0. The van der Waals surface area contributed by atoms with Crippen LogP contribution in [0.25, 0.3) is 0 Å². The highest BCUT2D eigenvalue weighted by Gasteiger charge is 2.24. The van der Waals surface area contributed by atoms with Gasteiger partial charge in [-0.25, -0.2) is 4.79 Å². The van der Waals surface area contributed by atoms with Gasteiger partial charge in [-0.3, -0.25) is 14.6 Å². The van der Waals surface area contributed by atoms with Gasteiger partial charge >= 0.3 is 5.97 Å². The number of aromatic nitrogens is 1. The molecule has 25 heavy (non-hydrogen) atoms. The zero-order valence-electron chi connectivity index (χ0n) is 14.1. The first-order chi connectivity index (χ1) is 11.9. The summed E-state index contributed by atoms with van der Waals surface area (Å²) in [5.41, 5.74) is 1.31. The smallest absolute Gasteiger partial charge is 0.326 e. The summed E-state index contributed by atoms with van der Waals surface area (Å²) in [7, 11) is 0. The van der Waals surface area contributed by atoms with Gasteiger partial charge in [-0.2, -0.15) is 0 Å².